The molecular weight excluding hydrogens is 463 g/mol. The van der Waals surface area contributed by atoms with Crippen LogP contribution in [-0.4, -0.2) is 53.0 Å². The first-order valence-corrected chi connectivity index (χ1v) is 11.5. The van der Waals surface area contributed by atoms with Gasteiger partial charge in [-0.25, -0.2) is 5.01 Å². The van der Waals surface area contributed by atoms with Gasteiger partial charge < -0.3 is 10.6 Å². The van der Waals surface area contributed by atoms with Crippen LogP contribution in [0.3, 0.4) is 0 Å². The van der Waals surface area contributed by atoms with Crippen molar-refractivity contribution >= 4 is 46.6 Å². The summed E-state index contributed by atoms with van der Waals surface area (Å²) in [5.41, 5.74) is 6.92. The second kappa shape index (κ2) is 9.53. The molecule has 0 bridgehead atoms. The number of hydrogen-bond donors (Lipinski definition) is 1. The molecule has 4 rings (SSSR count). The van der Waals surface area contributed by atoms with Gasteiger partial charge in [-0.3, -0.25) is 14.4 Å². The Morgan fingerprint density at radius 2 is 1.61 bits per heavy atom. The minimum atomic E-state index is -1.02. The zero-order valence-electron chi connectivity index (χ0n) is 18.0. The summed E-state index contributed by atoms with van der Waals surface area (Å²) in [5.74, 6) is -0.967. The molecule has 0 aromatic heterocycles. The Bertz CT molecular complexity index is 1100. The topological polar surface area (TPSA) is 96.1 Å². The summed E-state index contributed by atoms with van der Waals surface area (Å²) in [5, 5.41) is 6.83. The average molecular weight is 487 g/mol. The fourth-order valence-corrected chi connectivity index (χ4v) is 4.72. The maximum absolute atomic E-state index is 13.5. The number of aryl methyl sites for hydroxylation is 1. The van der Waals surface area contributed by atoms with Gasteiger partial charge >= 0.3 is 0 Å². The molecule has 2 heterocycles. The minimum absolute atomic E-state index is 0.0272. The van der Waals surface area contributed by atoms with E-state index in [0.717, 1.165) is 16.1 Å². The molecule has 2 aliphatic heterocycles. The summed E-state index contributed by atoms with van der Waals surface area (Å²) in [6.45, 7) is 0.398. The van der Waals surface area contributed by atoms with Gasteiger partial charge in [-0.15, -0.1) is 0 Å². The van der Waals surface area contributed by atoms with E-state index in [-0.39, 0.29) is 24.9 Å². The molecule has 172 valence electrons. The Hall–Kier alpha value is -2.90. The van der Waals surface area contributed by atoms with Crippen molar-refractivity contribution in [1.82, 2.24) is 9.91 Å². The second-order valence-corrected chi connectivity index (χ2v) is 9.33. The number of likely N-dealkylation sites (tertiary alicyclic amines) is 1. The number of hydrogen-bond acceptors (Lipinski definition) is 4. The Balaban J connectivity index is 1.54. The summed E-state index contributed by atoms with van der Waals surface area (Å²) >= 11 is 12.0. The molecule has 0 saturated carbocycles. The van der Waals surface area contributed by atoms with Crippen molar-refractivity contribution < 1.29 is 14.4 Å². The van der Waals surface area contributed by atoms with Crippen molar-refractivity contribution in [3.05, 3.63) is 69.7 Å². The molecule has 7 nitrogen and oxygen atoms in total. The molecular formula is C24H24Cl2N4O3. The van der Waals surface area contributed by atoms with Crippen molar-refractivity contribution in [2.75, 3.05) is 19.6 Å². The predicted molar refractivity (Wildman–Crippen MR) is 127 cm³/mol. The van der Waals surface area contributed by atoms with Crippen LogP contribution in [0.15, 0.2) is 53.6 Å². The maximum atomic E-state index is 13.5. The summed E-state index contributed by atoms with van der Waals surface area (Å²) in [7, 11) is 0. The van der Waals surface area contributed by atoms with Crippen LogP contribution in [0, 0.1) is 5.41 Å². The van der Waals surface area contributed by atoms with Gasteiger partial charge in [-0.1, -0.05) is 47.5 Å². The molecule has 9 heteroatoms. The number of primary amides is 1. The standard InChI is InChI=1S/C24H24Cl2N4O3/c25-18-6-1-16(2-7-18)5-10-22(32)29-12-11-20-24(15-29,13-17-3-8-19(26)9-4-17)23(33)30(28-20)14-21(27)31/h1-4,6-9H,5,10-15H2,(H2,27,31)/t24-/m0/s1. The number of hydrazone groups is 1. The Morgan fingerprint density at radius 3 is 2.21 bits per heavy atom. The van der Waals surface area contributed by atoms with Crippen LogP contribution in [0.25, 0.3) is 0 Å². The fraction of sp³-hybridized carbons (Fsp3) is 0.333. The van der Waals surface area contributed by atoms with Crippen LogP contribution in [0.2, 0.25) is 10.0 Å². The summed E-state index contributed by atoms with van der Waals surface area (Å²) in [4.78, 5) is 39.8. The van der Waals surface area contributed by atoms with E-state index < -0.39 is 11.3 Å². The lowest BCUT2D eigenvalue weighted by atomic mass is 9.73. The van der Waals surface area contributed by atoms with Crippen molar-refractivity contribution in [1.29, 1.82) is 0 Å². The molecule has 1 atom stereocenters. The van der Waals surface area contributed by atoms with E-state index in [1.54, 1.807) is 29.2 Å². The van der Waals surface area contributed by atoms with Crippen molar-refractivity contribution in [3.8, 4) is 0 Å². The molecule has 3 amide bonds. The van der Waals surface area contributed by atoms with E-state index in [4.69, 9.17) is 28.9 Å². The van der Waals surface area contributed by atoms with Gasteiger partial charge in [0.15, 0.2) is 0 Å². The van der Waals surface area contributed by atoms with E-state index >= 15 is 0 Å². The fourth-order valence-electron chi connectivity index (χ4n) is 4.46. The molecule has 0 spiro atoms. The first-order valence-electron chi connectivity index (χ1n) is 10.7. The predicted octanol–water partition coefficient (Wildman–Crippen LogP) is 3.07. The molecule has 0 aliphatic carbocycles. The van der Waals surface area contributed by atoms with E-state index in [1.165, 1.54) is 0 Å². The minimum Gasteiger partial charge on any atom is -0.368 e. The average Bonchev–Trinajstić information content (AvgIpc) is 3.05. The molecule has 0 radical (unpaired) electrons. The quantitative estimate of drug-likeness (QED) is 0.650. The lowest BCUT2D eigenvalue weighted by Gasteiger charge is -2.39. The monoisotopic (exact) mass is 486 g/mol. The third kappa shape index (κ3) is 5.04. The Morgan fingerprint density at radius 1 is 1.00 bits per heavy atom. The number of carbonyl (C=O) groups is 3. The van der Waals surface area contributed by atoms with Crippen molar-refractivity contribution in [3.63, 3.8) is 0 Å². The van der Waals surface area contributed by atoms with E-state index in [0.29, 0.717) is 48.0 Å². The normalized spacial score (nSPS) is 19.9. The number of fused-ring (bicyclic) bond motifs is 1. The zero-order valence-corrected chi connectivity index (χ0v) is 19.5. The van der Waals surface area contributed by atoms with Gasteiger partial charge in [0.05, 0.1) is 5.71 Å². The third-order valence-corrected chi connectivity index (χ3v) is 6.64. The van der Waals surface area contributed by atoms with Crippen LogP contribution in [0.1, 0.15) is 24.0 Å². The van der Waals surface area contributed by atoms with E-state index in [2.05, 4.69) is 5.10 Å². The van der Waals surface area contributed by atoms with Crippen LogP contribution < -0.4 is 5.73 Å². The lowest BCUT2D eigenvalue weighted by Crippen LogP contribution is -2.56. The number of halogens is 2. The lowest BCUT2D eigenvalue weighted by molar-refractivity contribution is -0.142. The zero-order chi connectivity index (χ0) is 23.6. The molecule has 2 aromatic carbocycles. The van der Waals surface area contributed by atoms with Gasteiger partial charge in [-0.2, -0.15) is 5.10 Å². The van der Waals surface area contributed by atoms with Crippen LogP contribution in [0.5, 0.6) is 0 Å². The first kappa shape index (κ1) is 23.3. The molecule has 0 unspecified atom stereocenters. The summed E-state index contributed by atoms with van der Waals surface area (Å²) < 4.78 is 0. The first-order chi connectivity index (χ1) is 15.8. The van der Waals surface area contributed by atoms with Gasteiger partial charge in [-0.05, 0) is 48.2 Å². The highest BCUT2D eigenvalue weighted by Crippen LogP contribution is 2.39. The number of nitrogens with zero attached hydrogens (tertiary/aromatic N) is 3. The highest BCUT2D eigenvalue weighted by molar-refractivity contribution is 6.30. The summed E-state index contributed by atoms with van der Waals surface area (Å²) in [6.07, 6.45) is 1.73. The van der Waals surface area contributed by atoms with Crippen molar-refractivity contribution in [2.45, 2.75) is 25.7 Å². The van der Waals surface area contributed by atoms with E-state index in [1.807, 2.05) is 24.3 Å². The largest absolute Gasteiger partial charge is 0.368 e. The number of carbonyl (C=O) groups excluding carboxylic acids is 3. The van der Waals surface area contributed by atoms with Gasteiger partial charge in [0, 0.05) is 36.0 Å². The number of piperidine rings is 1. The van der Waals surface area contributed by atoms with Gasteiger partial charge in [0.2, 0.25) is 11.8 Å². The SMILES string of the molecule is NC(=O)CN1N=C2CCN(C(=O)CCc3ccc(Cl)cc3)C[C@]2(Cc2ccc(Cl)cc2)C1=O. The summed E-state index contributed by atoms with van der Waals surface area (Å²) in [6, 6.07) is 14.7. The van der Waals surface area contributed by atoms with Crippen molar-refractivity contribution in [2.24, 2.45) is 16.3 Å². The number of amides is 3. The number of nitrogens with two attached hydrogens (primary N) is 1. The maximum Gasteiger partial charge on any atom is 0.257 e. The van der Waals surface area contributed by atoms with Crippen LogP contribution in [0.4, 0.5) is 0 Å². The molecule has 33 heavy (non-hydrogen) atoms. The van der Waals surface area contributed by atoms with E-state index in [9.17, 15) is 14.4 Å². The highest BCUT2D eigenvalue weighted by Gasteiger charge is 2.54. The van der Waals surface area contributed by atoms with Gasteiger partial charge in [0.25, 0.3) is 5.91 Å². The Labute approximate surface area is 202 Å². The van der Waals surface area contributed by atoms with Crippen LogP contribution in [-0.2, 0) is 27.2 Å². The molecule has 1 fully saturated rings. The third-order valence-electron chi connectivity index (χ3n) is 6.14. The molecule has 1 saturated heterocycles. The Kier molecular flexibility index (Phi) is 6.72. The number of benzene rings is 2. The molecule has 2 aromatic rings. The second-order valence-electron chi connectivity index (χ2n) is 8.45. The number of rotatable bonds is 7. The van der Waals surface area contributed by atoms with Crippen LogP contribution >= 0.6 is 23.2 Å². The molecule has 2 aliphatic rings. The smallest absolute Gasteiger partial charge is 0.257 e. The highest BCUT2D eigenvalue weighted by atomic mass is 35.5. The van der Waals surface area contributed by atoms with Gasteiger partial charge in [0.1, 0.15) is 12.0 Å². The molecule has 2 N–H and O–H groups in total.